The number of aryl methyl sites for hydroxylation is 2. The molecule has 1 aromatic carbocycles. The molecule has 0 saturated carbocycles. The molecule has 0 aliphatic carbocycles. The van der Waals surface area contributed by atoms with Crippen molar-refractivity contribution in [2.75, 3.05) is 13.7 Å². The van der Waals surface area contributed by atoms with Crippen LogP contribution in [0.15, 0.2) is 35.5 Å². The van der Waals surface area contributed by atoms with Crippen LogP contribution in [0.5, 0.6) is 5.75 Å². The number of aromatic nitrogens is 2. The van der Waals surface area contributed by atoms with Crippen LogP contribution in [-0.2, 0) is 23.6 Å². The van der Waals surface area contributed by atoms with Gasteiger partial charge in [0.25, 0.3) is 0 Å². The van der Waals surface area contributed by atoms with Crippen LogP contribution in [0.2, 0.25) is 0 Å². The Labute approximate surface area is 131 Å². The molecule has 120 valence electrons. The lowest BCUT2D eigenvalue weighted by molar-refractivity contribution is 0.410. The molecule has 6 nitrogen and oxygen atoms in total. The van der Waals surface area contributed by atoms with Crippen molar-refractivity contribution in [3.63, 3.8) is 0 Å². The Morgan fingerprint density at radius 1 is 1.36 bits per heavy atom. The summed E-state index contributed by atoms with van der Waals surface area (Å²) in [5.74, 6) is 0.675. The normalized spacial score (nSPS) is 11.9. The van der Waals surface area contributed by atoms with Gasteiger partial charge in [0.05, 0.1) is 18.2 Å². The number of benzene rings is 1. The molecule has 0 N–H and O–H groups in total. The van der Waals surface area contributed by atoms with Gasteiger partial charge in [0.1, 0.15) is 5.75 Å². The first-order valence-corrected chi connectivity index (χ1v) is 8.44. The average Bonchev–Trinajstić information content (AvgIpc) is 2.89. The third-order valence-electron chi connectivity index (χ3n) is 3.47. The van der Waals surface area contributed by atoms with E-state index in [2.05, 4.69) is 5.10 Å². The highest BCUT2D eigenvalue weighted by molar-refractivity contribution is 7.89. The van der Waals surface area contributed by atoms with E-state index >= 15 is 0 Å². The number of rotatable bonds is 6. The van der Waals surface area contributed by atoms with Crippen molar-refractivity contribution in [2.24, 2.45) is 7.05 Å². The van der Waals surface area contributed by atoms with Gasteiger partial charge in [0, 0.05) is 31.9 Å². The third-order valence-corrected chi connectivity index (χ3v) is 5.39. The minimum atomic E-state index is -3.55. The monoisotopic (exact) mass is 323 g/mol. The van der Waals surface area contributed by atoms with Crippen LogP contribution in [-0.4, -0.2) is 36.2 Å². The van der Waals surface area contributed by atoms with Crippen molar-refractivity contribution in [1.29, 1.82) is 0 Å². The highest BCUT2D eigenvalue weighted by atomic mass is 32.2. The minimum Gasteiger partial charge on any atom is -0.496 e. The number of hydrogen-bond donors (Lipinski definition) is 0. The molecule has 2 rings (SSSR count). The molecule has 0 saturated heterocycles. The molecular weight excluding hydrogens is 302 g/mol. The van der Waals surface area contributed by atoms with Gasteiger partial charge < -0.3 is 4.74 Å². The summed E-state index contributed by atoms with van der Waals surface area (Å²) in [6.45, 7) is 4.35. The summed E-state index contributed by atoms with van der Waals surface area (Å²) in [6, 6.07) is 4.90. The SMILES string of the molecule is CCN(Cc1cnn(C)c1)S(=O)(=O)c1ccc(OC)c(C)c1. The molecule has 0 aliphatic rings. The summed E-state index contributed by atoms with van der Waals surface area (Å²) in [4.78, 5) is 0.275. The topological polar surface area (TPSA) is 64.4 Å². The maximum atomic E-state index is 12.8. The van der Waals surface area contributed by atoms with Crippen molar-refractivity contribution in [1.82, 2.24) is 14.1 Å². The zero-order valence-corrected chi connectivity index (χ0v) is 14.1. The van der Waals surface area contributed by atoms with E-state index in [0.717, 1.165) is 11.1 Å². The Kier molecular flexibility index (Phi) is 4.87. The van der Waals surface area contributed by atoms with E-state index < -0.39 is 10.0 Å². The van der Waals surface area contributed by atoms with E-state index in [1.807, 2.05) is 20.0 Å². The Bertz CT molecular complexity index is 753. The molecule has 1 heterocycles. The van der Waals surface area contributed by atoms with E-state index in [1.54, 1.807) is 43.2 Å². The summed E-state index contributed by atoms with van der Waals surface area (Å²) in [5.41, 5.74) is 1.65. The van der Waals surface area contributed by atoms with Crippen molar-refractivity contribution >= 4 is 10.0 Å². The van der Waals surface area contributed by atoms with E-state index in [4.69, 9.17) is 4.74 Å². The molecule has 0 unspecified atom stereocenters. The summed E-state index contributed by atoms with van der Waals surface area (Å²) < 4.78 is 33.8. The first-order chi connectivity index (χ1) is 10.4. The van der Waals surface area contributed by atoms with Gasteiger partial charge >= 0.3 is 0 Å². The van der Waals surface area contributed by atoms with Crippen molar-refractivity contribution in [3.05, 3.63) is 41.7 Å². The van der Waals surface area contributed by atoms with Crippen molar-refractivity contribution in [3.8, 4) is 5.75 Å². The van der Waals surface area contributed by atoms with Gasteiger partial charge in [-0.15, -0.1) is 0 Å². The lowest BCUT2D eigenvalue weighted by Crippen LogP contribution is -2.30. The lowest BCUT2D eigenvalue weighted by Gasteiger charge is -2.20. The largest absolute Gasteiger partial charge is 0.496 e. The predicted octanol–water partition coefficient (Wildman–Crippen LogP) is 1.95. The summed E-state index contributed by atoms with van der Waals surface area (Å²) in [7, 11) is -0.173. The van der Waals surface area contributed by atoms with Gasteiger partial charge in [-0.25, -0.2) is 8.42 Å². The second kappa shape index (κ2) is 6.50. The first kappa shape index (κ1) is 16.5. The first-order valence-electron chi connectivity index (χ1n) is 7.00. The fourth-order valence-corrected chi connectivity index (χ4v) is 3.81. The summed E-state index contributed by atoms with van der Waals surface area (Å²) in [6.07, 6.45) is 3.49. The highest BCUT2D eigenvalue weighted by Crippen LogP contribution is 2.24. The van der Waals surface area contributed by atoms with E-state index in [9.17, 15) is 8.42 Å². The number of ether oxygens (including phenoxy) is 1. The van der Waals surface area contributed by atoms with Crippen molar-refractivity contribution in [2.45, 2.75) is 25.3 Å². The number of methoxy groups -OCH3 is 1. The molecule has 0 radical (unpaired) electrons. The average molecular weight is 323 g/mol. The second-order valence-electron chi connectivity index (χ2n) is 5.08. The third kappa shape index (κ3) is 3.31. The standard InChI is InChI=1S/C15H21N3O3S/c1-5-18(11-13-9-16-17(3)10-13)22(19,20)14-6-7-15(21-4)12(2)8-14/h6-10H,5,11H2,1-4H3. The van der Waals surface area contributed by atoms with Gasteiger partial charge in [-0.05, 0) is 30.7 Å². The maximum Gasteiger partial charge on any atom is 0.243 e. The molecule has 7 heteroatoms. The van der Waals surface area contributed by atoms with E-state index in [0.29, 0.717) is 18.8 Å². The molecule has 0 amide bonds. The zero-order chi connectivity index (χ0) is 16.3. The van der Waals surface area contributed by atoms with Gasteiger partial charge in [-0.3, -0.25) is 4.68 Å². The fourth-order valence-electron chi connectivity index (χ4n) is 2.28. The van der Waals surface area contributed by atoms with E-state index in [-0.39, 0.29) is 4.90 Å². The summed E-state index contributed by atoms with van der Waals surface area (Å²) >= 11 is 0. The van der Waals surface area contributed by atoms with Gasteiger partial charge in [0.15, 0.2) is 0 Å². The van der Waals surface area contributed by atoms with Gasteiger partial charge in [-0.1, -0.05) is 6.92 Å². The lowest BCUT2D eigenvalue weighted by atomic mass is 10.2. The van der Waals surface area contributed by atoms with Crippen LogP contribution >= 0.6 is 0 Å². The molecular formula is C15H21N3O3S. The van der Waals surface area contributed by atoms with E-state index in [1.165, 1.54) is 4.31 Å². The molecule has 0 aliphatic heterocycles. The maximum absolute atomic E-state index is 12.8. The Balaban J connectivity index is 2.32. The molecule has 0 atom stereocenters. The molecule has 2 aromatic rings. The molecule has 22 heavy (non-hydrogen) atoms. The minimum absolute atomic E-state index is 0.275. The number of nitrogens with zero attached hydrogens (tertiary/aromatic N) is 3. The number of sulfonamides is 1. The molecule has 0 bridgehead atoms. The van der Waals surface area contributed by atoms with Gasteiger partial charge in [0.2, 0.25) is 10.0 Å². The van der Waals surface area contributed by atoms with Crippen LogP contribution in [0, 0.1) is 6.92 Å². The number of hydrogen-bond acceptors (Lipinski definition) is 4. The quantitative estimate of drug-likeness (QED) is 0.815. The Morgan fingerprint density at radius 3 is 2.59 bits per heavy atom. The van der Waals surface area contributed by atoms with Crippen LogP contribution in [0.25, 0.3) is 0 Å². The van der Waals surface area contributed by atoms with Crippen LogP contribution in [0.4, 0.5) is 0 Å². The second-order valence-corrected chi connectivity index (χ2v) is 7.02. The van der Waals surface area contributed by atoms with Crippen LogP contribution in [0.1, 0.15) is 18.1 Å². The molecule has 0 fully saturated rings. The molecule has 0 spiro atoms. The highest BCUT2D eigenvalue weighted by Gasteiger charge is 2.24. The Hall–Kier alpha value is -1.86. The van der Waals surface area contributed by atoms with Crippen LogP contribution in [0.3, 0.4) is 0 Å². The Morgan fingerprint density at radius 2 is 2.09 bits per heavy atom. The molecule has 1 aromatic heterocycles. The van der Waals surface area contributed by atoms with Crippen molar-refractivity contribution < 1.29 is 13.2 Å². The smallest absolute Gasteiger partial charge is 0.243 e. The summed E-state index contributed by atoms with van der Waals surface area (Å²) in [5, 5.41) is 4.07. The zero-order valence-electron chi connectivity index (χ0n) is 13.3. The predicted molar refractivity (Wildman–Crippen MR) is 84.2 cm³/mol. The van der Waals surface area contributed by atoms with Crippen LogP contribution < -0.4 is 4.74 Å². The van der Waals surface area contributed by atoms with Gasteiger partial charge in [-0.2, -0.15) is 9.40 Å². The fraction of sp³-hybridized carbons (Fsp3) is 0.400.